The van der Waals surface area contributed by atoms with Crippen molar-refractivity contribution < 1.29 is 4.79 Å². The van der Waals surface area contributed by atoms with Crippen LogP contribution in [0.3, 0.4) is 0 Å². The molecule has 0 spiro atoms. The normalized spacial score (nSPS) is 19.7. The van der Waals surface area contributed by atoms with E-state index in [1.54, 1.807) is 0 Å². The number of hydrogen-bond acceptors (Lipinski definition) is 5. The Morgan fingerprint density at radius 1 is 1.16 bits per heavy atom. The van der Waals surface area contributed by atoms with Crippen molar-refractivity contribution in [1.82, 2.24) is 25.1 Å². The lowest BCUT2D eigenvalue weighted by Crippen LogP contribution is -2.42. The van der Waals surface area contributed by atoms with Crippen molar-refractivity contribution in [3.63, 3.8) is 0 Å². The molecule has 3 aromatic rings. The SMILES string of the molecule is CN1CCC[C@@H]1c1cc2cnc(NC(=O)c3ccc(CN4CCNCC4)cc3)cc2[nH]1.Cl. The number of halogens is 1. The van der Waals surface area contributed by atoms with Crippen molar-refractivity contribution in [1.29, 1.82) is 0 Å². The number of pyridine rings is 1. The Morgan fingerprint density at radius 2 is 1.94 bits per heavy atom. The number of aromatic amines is 1. The van der Waals surface area contributed by atoms with Gasteiger partial charge in [0.05, 0.1) is 5.52 Å². The Balaban J connectivity index is 0.00000245. The summed E-state index contributed by atoms with van der Waals surface area (Å²) in [6, 6.07) is 12.4. The van der Waals surface area contributed by atoms with Gasteiger partial charge in [0.15, 0.2) is 0 Å². The molecule has 32 heavy (non-hydrogen) atoms. The third-order valence-corrected chi connectivity index (χ3v) is 6.48. The van der Waals surface area contributed by atoms with E-state index >= 15 is 0 Å². The summed E-state index contributed by atoms with van der Waals surface area (Å²) in [6.07, 6.45) is 4.23. The van der Waals surface area contributed by atoms with E-state index in [0.29, 0.717) is 17.4 Å². The second kappa shape index (κ2) is 10.0. The summed E-state index contributed by atoms with van der Waals surface area (Å²) in [7, 11) is 2.17. The molecule has 0 unspecified atom stereocenters. The molecule has 2 aliphatic rings. The lowest BCUT2D eigenvalue weighted by Gasteiger charge is -2.27. The lowest BCUT2D eigenvalue weighted by atomic mass is 10.1. The Hall–Kier alpha value is -2.45. The number of anilines is 1. The third kappa shape index (κ3) is 4.96. The summed E-state index contributed by atoms with van der Waals surface area (Å²) in [6.45, 7) is 6.26. The van der Waals surface area contributed by atoms with E-state index < -0.39 is 0 Å². The van der Waals surface area contributed by atoms with E-state index in [4.69, 9.17) is 0 Å². The first-order chi connectivity index (χ1) is 15.2. The molecule has 2 saturated heterocycles. The summed E-state index contributed by atoms with van der Waals surface area (Å²) in [4.78, 5) is 25.5. The van der Waals surface area contributed by atoms with Crippen LogP contribution in [0.5, 0.6) is 0 Å². The number of amides is 1. The fourth-order valence-corrected chi connectivity index (χ4v) is 4.68. The standard InChI is InChI=1S/C24H30N6O.ClH/c1-29-10-2-3-22(29)21-13-19-15-26-23(14-20(19)27-21)28-24(31)18-6-4-17(5-7-18)16-30-11-8-25-9-12-30;/h4-7,13-15,22,25,27H,2-3,8-12,16H2,1H3,(H,26,28,31);1H/t22-;/m1./s1. The van der Waals surface area contributed by atoms with Gasteiger partial charge >= 0.3 is 0 Å². The second-order valence-corrected chi connectivity index (χ2v) is 8.70. The van der Waals surface area contributed by atoms with Gasteiger partial charge < -0.3 is 15.6 Å². The minimum Gasteiger partial charge on any atom is -0.357 e. The number of carbonyl (C=O) groups is 1. The van der Waals surface area contributed by atoms with E-state index in [2.05, 4.69) is 43.5 Å². The average Bonchev–Trinajstić information content (AvgIpc) is 3.40. The lowest BCUT2D eigenvalue weighted by molar-refractivity contribution is 0.102. The zero-order valence-electron chi connectivity index (χ0n) is 18.4. The number of H-pyrrole nitrogens is 1. The minimum atomic E-state index is -0.136. The maximum absolute atomic E-state index is 12.7. The van der Waals surface area contributed by atoms with Gasteiger partial charge in [0, 0.05) is 67.7 Å². The van der Waals surface area contributed by atoms with Crippen molar-refractivity contribution in [2.24, 2.45) is 0 Å². The van der Waals surface area contributed by atoms with Gasteiger partial charge in [0.2, 0.25) is 0 Å². The zero-order valence-corrected chi connectivity index (χ0v) is 19.3. The number of nitrogens with one attached hydrogen (secondary N) is 3. The highest BCUT2D eigenvalue weighted by Crippen LogP contribution is 2.32. The van der Waals surface area contributed by atoms with Gasteiger partial charge in [-0.3, -0.25) is 14.6 Å². The molecule has 1 atom stereocenters. The second-order valence-electron chi connectivity index (χ2n) is 8.70. The summed E-state index contributed by atoms with van der Waals surface area (Å²) in [5.41, 5.74) is 4.10. The van der Waals surface area contributed by atoms with Crippen molar-refractivity contribution >= 4 is 35.0 Å². The van der Waals surface area contributed by atoms with Crippen LogP contribution in [-0.4, -0.2) is 65.4 Å². The van der Waals surface area contributed by atoms with Gasteiger partial charge in [-0.15, -0.1) is 12.4 Å². The molecule has 0 bridgehead atoms. The summed E-state index contributed by atoms with van der Waals surface area (Å²) < 4.78 is 0. The summed E-state index contributed by atoms with van der Waals surface area (Å²) in [5, 5.41) is 7.39. The molecule has 5 rings (SSSR count). The molecular weight excluding hydrogens is 424 g/mol. The number of nitrogens with zero attached hydrogens (tertiary/aromatic N) is 3. The maximum atomic E-state index is 12.7. The molecule has 4 heterocycles. The molecule has 0 radical (unpaired) electrons. The molecule has 2 aliphatic heterocycles. The highest BCUT2D eigenvalue weighted by molar-refractivity contribution is 6.04. The smallest absolute Gasteiger partial charge is 0.256 e. The average molecular weight is 455 g/mol. The Kier molecular flexibility index (Phi) is 7.10. The maximum Gasteiger partial charge on any atom is 0.256 e. The van der Waals surface area contributed by atoms with Gasteiger partial charge in [-0.05, 0) is 50.2 Å². The molecule has 0 aliphatic carbocycles. The van der Waals surface area contributed by atoms with Crippen LogP contribution >= 0.6 is 12.4 Å². The highest BCUT2D eigenvalue weighted by Gasteiger charge is 2.24. The van der Waals surface area contributed by atoms with Crippen LogP contribution in [0.2, 0.25) is 0 Å². The van der Waals surface area contributed by atoms with Crippen LogP contribution in [-0.2, 0) is 6.54 Å². The van der Waals surface area contributed by atoms with Gasteiger partial charge in [-0.2, -0.15) is 0 Å². The molecular formula is C24H31ClN6O. The molecule has 2 aromatic heterocycles. The number of aromatic nitrogens is 2. The van der Waals surface area contributed by atoms with Gasteiger partial charge in [0.25, 0.3) is 5.91 Å². The van der Waals surface area contributed by atoms with E-state index in [0.717, 1.165) is 50.2 Å². The van der Waals surface area contributed by atoms with Crippen LogP contribution in [0.25, 0.3) is 10.9 Å². The van der Waals surface area contributed by atoms with Gasteiger partial charge in [0.1, 0.15) is 5.82 Å². The highest BCUT2D eigenvalue weighted by atomic mass is 35.5. The molecule has 7 nitrogen and oxygen atoms in total. The predicted molar refractivity (Wildman–Crippen MR) is 130 cm³/mol. The van der Waals surface area contributed by atoms with Crippen molar-refractivity contribution in [3.05, 3.63) is 59.4 Å². The van der Waals surface area contributed by atoms with E-state index in [-0.39, 0.29) is 18.3 Å². The van der Waals surface area contributed by atoms with Crippen LogP contribution in [0.1, 0.15) is 40.5 Å². The van der Waals surface area contributed by atoms with Crippen LogP contribution in [0.4, 0.5) is 5.82 Å². The number of likely N-dealkylation sites (tertiary alicyclic amines) is 1. The van der Waals surface area contributed by atoms with Gasteiger partial charge in [-0.25, -0.2) is 4.98 Å². The third-order valence-electron chi connectivity index (χ3n) is 6.48. The quantitative estimate of drug-likeness (QED) is 0.550. The van der Waals surface area contributed by atoms with E-state index in [1.165, 1.54) is 24.1 Å². The monoisotopic (exact) mass is 454 g/mol. The van der Waals surface area contributed by atoms with Crippen molar-refractivity contribution in [3.8, 4) is 0 Å². The largest absolute Gasteiger partial charge is 0.357 e. The summed E-state index contributed by atoms with van der Waals surface area (Å²) in [5.74, 6) is 0.429. The predicted octanol–water partition coefficient (Wildman–Crippen LogP) is 3.41. The van der Waals surface area contributed by atoms with Crippen LogP contribution in [0, 0.1) is 0 Å². The number of fused-ring (bicyclic) bond motifs is 1. The van der Waals surface area contributed by atoms with Crippen LogP contribution < -0.4 is 10.6 Å². The first kappa shape index (κ1) is 22.7. The number of benzene rings is 1. The Labute approximate surface area is 195 Å². The first-order valence-corrected chi connectivity index (χ1v) is 11.2. The fraction of sp³-hybridized carbons (Fsp3) is 0.417. The number of carbonyl (C=O) groups excluding carboxylic acids is 1. The van der Waals surface area contributed by atoms with Crippen molar-refractivity contribution in [2.45, 2.75) is 25.4 Å². The zero-order chi connectivity index (χ0) is 21.2. The molecule has 8 heteroatoms. The minimum absolute atomic E-state index is 0. The topological polar surface area (TPSA) is 76.3 Å². The number of rotatable bonds is 5. The van der Waals surface area contributed by atoms with Crippen LogP contribution in [0.15, 0.2) is 42.6 Å². The fourth-order valence-electron chi connectivity index (χ4n) is 4.68. The molecule has 1 amide bonds. The van der Waals surface area contributed by atoms with Crippen molar-refractivity contribution in [2.75, 3.05) is 45.1 Å². The molecule has 1 aromatic carbocycles. The number of piperazine rings is 1. The first-order valence-electron chi connectivity index (χ1n) is 11.2. The Bertz CT molecular complexity index is 1060. The molecule has 170 valence electrons. The summed E-state index contributed by atoms with van der Waals surface area (Å²) >= 11 is 0. The molecule has 0 saturated carbocycles. The van der Waals surface area contributed by atoms with E-state index in [9.17, 15) is 4.79 Å². The molecule has 2 fully saturated rings. The molecule has 3 N–H and O–H groups in total. The van der Waals surface area contributed by atoms with Gasteiger partial charge in [-0.1, -0.05) is 12.1 Å². The number of hydrogen-bond donors (Lipinski definition) is 3. The van der Waals surface area contributed by atoms with E-state index in [1.807, 2.05) is 36.5 Å². The Morgan fingerprint density at radius 3 is 2.66 bits per heavy atom.